The zero-order valence-corrected chi connectivity index (χ0v) is 11.3. The third-order valence-electron chi connectivity index (χ3n) is 2.42. The van der Waals surface area contributed by atoms with Crippen molar-refractivity contribution in [2.45, 2.75) is 32.7 Å². The minimum atomic E-state index is 0.236. The first kappa shape index (κ1) is 14.5. The van der Waals surface area contributed by atoms with Gasteiger partial charge in [0.25, 0.3) is 0 Å². The van der Waals surface area contributed by atoms with Crippen LogP contribution in [0.5, 0.6) is 5.75 Å². The van der Waals surface area contributed by atoms with Crippen LogP contribution in [0.25, 0.3) is 0 Å². The van der Waals surface area contributed by atoms with Crippen LogP contribution in [-0.4, -0.2) is 36.3 Å². The monoisotopic (exact) mass is 254 g/mol. The maximum Gasteiger partial charge on any atom is 0.222 e. The molecule has 0 aromatic carbocycles. The van der Waals surface area contributed by atoms with E-state index < -0.39 is 0 Å². The Morgan fingerprint density at radius 3 is 2.89 bits per heavy atom. The third kappa shape index (κ3) is 4.75. The molecule has 3 N–H and O–H groups in total. The SMILES string of the molecule is CCCC(C)Nc1nc(N)ncc1OCCOC. The van der Waals surface area contributed by atoms with Gasteiger partial charge in [-0.05, 0) is 13.3 Å². The van der Waals surface area contributed by atoms with Gasteiger partial charge < -0.3 is 20.5 Å². The Morgan fingerprint density at radius 1 is 1.44 bits per heavy atom. The van der Waals surface area contributed by atoms with Gasteiger partial charge in [-0.15, -0.1) is 0 Å². The Morgan fingerprint density at radius 2 is 2.22 bits per heavy atom. The minimum absolute atomic E-state index is 0.236. The van der Waals surface area contributed by atoms with Gasteiger partial charge in [0.1, 0.15) is 6.61 Å². The minimum Gasteiger partial charge on any atom is -0.486 e. The molecule has 0 amide bonds. The van der Waals surface area contributed by atoms with Crippen LogP contribution in [0.4, 0.5) is 11.8 Å². The number of nitrogen functional groups attached to an aromatic ring is 1. The van der Waals surface area contributed by atoms with Crippen molar-refractivity contribution in [1.82, 2.24) is 9.97 Å². The molecule has 0 aliphatic rings. The first-order valence-corrected chi connectivity index (χ1v) is 6.18. The van der Waals surface area contributed by atoms with Crippen LogP contribution in [0.3, 0.4) is 0 Å². The summed E-state index contributed by atoms with van der Waals surface area (Å²) in [5, 5.41) is 3.28. The topological polar surface area (TPSA) is 82.3 Å². The van der Waals surface area contributed by atoms with E-state index in [0.717, 1.165) is 12.8 Å². The van der Waals surface area contributed by atoms with E-state index in [1.807, 2.05) is 0 Å². The van der Waals surface area contributed by atoms with E-state index in [1.54, 1.807) is 13.3 Å². The molecule has 0 aliphatic carbocycles. The highest BCUT2D eigenvalue weighted by Crippen LogP contribution is 2.22. The Labute approximate surface area is 108 Å². The second-order valence-corrected chi connectivity index (χ2v) is 4.12. The summed E-state index contributed by atoms with van der Waals surface area (Å²) < 4.78 is 10.5. The number of hydrogen-bond donors (Lipinski definition) is 2. The van der Waals surface area contributed by atoms with Gasteiger partial charge in [0.15, 0.2) is 11.6 Å². The second-order valence-electron chi connectivity index (χ2n) is 4.12. The van der Waals surface area contributed by atoms with E-state index >= 15 is 0 Å². The molecule has 0 fully saturated rings. The molecule has 0 radical (unpaired) electrons. The molecule has 102 valence electrons. The van der Waals surface area contributed by atoms with Crippen LogP contribution < -0.4 is 15.8 Å². The molecule has 0 saturated carbocycles. The van der Waals surface area contributed by atoms with E-state index in [4.69, 9.17) is 15.2 Å². The van der Waals surface area contributed by atoms with Crippen molar-refractivity contribution in [3.05, 3.63) is 6.20 Å². The maximum absolute atomic E-state index is 5.59. The summed E-state index contributed by atoms with van der Waals surface area (Å²) in [4.78, 5) is 8.10. The summed E-state index contributed by atoms with van der Waals surface area (Å²) in [6.45, 7) is 5.22. The first-order valence-electron chi connectivity index (χ1n) is 6.18. The quantitative estimate of drug-likeness (QED) is 0.687. The number of aromatic nitrogens is 2. The predicted octanol–water partition coefficient (Wildman–Crippen LogP) is 1.68. The van der Waals surface area contributed by atoms with Crippen LogP contribution in [0.2, 0.25) is 0 Å². The zero-order valence-electron chi connectivity index (χ0n) is 11.3. The molecule has 1 aromatic rings. The van der Waals surface area contributed by atoms with Crippen LogP contribution in [0.15, 0.2) is 6.20 Å². The Kier molecular flexibility index (Phi) is 6.21. The molecule has 6 nitrogen and oxygen atoms in total. The lowest BCUT2D eigenvalue weighted by molar-refractivity contribution is 0.146. The number of nitrogens with two attached hydrogens (primary N) is 1. The van der Waals surface area contributed by atoms with Gasteiger partial charge in [-0.3, -0.25) is 0 Å². The number of anilines is 2. The third-order valence-corrected chi connectivity index (χ3v) is 2.42. The fourth-order valence-corrected chi connectivity index (χ4v) is 1.57. The van der Waals surface area contributed by atoms with Gasteiger partial charge in [-0.1, -0.05) is 13.3 Å². The molecule has 0 saturated heterocycles. The fraction of sp³-hybridized carbons (Fsp3) is 0.667. The predicted molar refractivity (Wildman–Crippen MR) is 71.8 cm³/mol. The van der Waals surface area contributed by atoms with Gasteiger partial charge >= 0.3 is 0 Å². The van der Waals surface area contributed by atoms with E-state index in [9.17, 15) is 0 Å². The molecule has 0 spiro atoms. The summed E-state index contributed by atoms with van der Waals surface area (Å²) in [6, 6.07) is 0.314. The molecule has 1 aromatic heterocycles. The molecular formula is C12H22N4O2. The standard InChI is InChI=1S/C12H22N4O2/c1-4-5-9(2)15-11-10(18-7-6-17-3)8-14-12(13)16-11/h8-9H,4-7H2,1-3H3,(H3,13,14,15,16). The van der Waals surface area contributed by atoms with Crippen molar-refractivity contribution in [3.8, 4) is 5.75 Å². The molecule has 0 bridgehead atoms. The second kappa shape index (κ2) is 7.71. The lowest BCUT2D eigenvalue weighted by Gasteiger charge is -2.16. The fourth-order valence-electron chi connectivity index (χ4n) is 1.57. The molecule has 1 heterocycles. The largest absolute Gasteiger partial charge is 0.486 e. The van der Waals surface area contributed by atoms with Crippen molar-refractivity contribution in [2.75, 3.05) is 31.4 Å². The van der Waals surface area contributed by atoms with Gasteiger partial charge in [0.05, 0.1) is 12.8 Å². The van der Waals surface area contributed by atoms with Gasteiger partial charge in [-0.2, -0.15) is 4.98 Å². The summed E-state index contributed by atoms with van der Waals surface area (Å²) in [7, 11) is 1.63. The number of ether oxygens (including phenoxy) is 2. The van der Waals surface area contributed by atoms with Crippen LogP contribution in [-0.2, 0) is 4.74 Å². The highest BCUT2D eigenvalue weighted by atomic mass is 16.5. The summed E-state index contributed by atoms with van der Waals surface area (Å²) >= 11 is 0. The molecule has 1 rings (SSSR count). The molecular weight excluding hydrogens is 232 g/mol. The number of hydrogen-bond acceptors (Lipinski definition) is 6. The van der Waals surface area contributed by atoms with E-state index in [1.165, 1.54) is 0 Å². The summed E-state index contributed by atoms with van der Waals surface area (Å²) in [6.07, 6.45) is 3.75. The summed E-state index contributed by atoms with van der Waals surface area (Å²) in [5.41, 5.74) is 5.59. The van der Waals surface area contributed by atoms with E-state index in [-0.39, 0.29) is 5.95 Å². The highest BCUT2D eigenvalue weighted by molar-refractivity contribution is 5.51. The smallest absolute Gasteiger partial charge is 0.222 e. The number of nitrogens with one attached hydrogen (secondary N) is 1. The van der Waals surface area contributed by atoms with Crippen molar-refractivity contribution in [3.63, 3.8) is 0 Å². The normalized spacial score (nSPS) is 12.2. The van der Waals surface area contributed by atoms with Crippen molar-refractivity contribution >= 4 is 11.8 Å². The number of nitrogens with zero attached hydrogens (tertiary/aromatic N) is 2. The van der Waals surface area contributed by atoms with Crippen LogP contribution in [0, 0.1) is 0 Å². The molecule has 6 heteroatoms. The number of rotatable bonds is 8. The lowest BCUT2D eigenvalue weighted by Crippen LogP contribution is -2.18. The zero-order chi connectivity index (χ0) is 13.4. The van der Waals surface area contributed by atoms with Crippen LogP contribution in [0.1, 0.15) is 26.7 Å². The average molecular weight is 254 g/mol. The van der Waals surface area contributed by atoms with Crippen molar-refractivity contribution in [1.29, 1.82) is 0 Å². The molecule has 18 heavy (non-hydrogen) atoms. The first-order chi connectivity index (χ1) is 8.67. The molecule has 1 atom stereocenters. The lowest BCUT2D eigenvalue weighted by atomic mass is 10.2. The number of methoxy groups -OCH3 is 1. The van der Waals surface area contributed by atoms with Crippen LogP contribution >= 0.6 is 0 Å². The van der Waals surface area contributed by atoms with Crippen molar-refractivity contribution in [2.24, 2.45) is 0 Å². The van der Waals surface area contributed by atoms with Crippen molar-refractivity contribution < 1.29 is 9.47 Å². The molecule has 0 aliphatic heterocycles. The van der Waals surface area contributed by atoms with Gasteiger partial charge in [0, 0.05) is 13.2 Å². The summed E-state index contributed by atoms with van der Waals surface area (Å²) in [5.74, 6) is 1.48. The Balaban J connectivity index is 2.69. The van der Waals surface area contributed by atoms with Gasteiger partial charge in [0.2, 0.25) is 5.95 Å². The van der Waals surface area contributed by atoms with E-state index in [2.05, 4.69) is 29.1 Å². The maximum atomic E-state index is 5.59. The highest BCUT2D eigenvalue weighted by Gasteiger charge is 2.10. The Hall–Kier alpha value is -1.56. The Bertz CT molecular complexity index is 360. The average Bonchev–Trinajstić information content (AvgIpc) is 2.32. The van der Waals surface area contributed by atoms with E-state index in [0.29, 0.717) is 30.8 Å². The molecule has 1 unspecified atom stereocenters. The van der Waals surface area contributed by atoms with Gasteiger partial charge in [-0.25, -0.2) is 4.98 Å².